The molecule has 1 atom stereocenters. The van der Waals surface area contributed by atoms with Gasteiger partial charge in [-0.3, -0.25) is 9.69 Å². The van der Waals surface area contributed by atoms with Gasteiger partial charge in [0.1, 0.15) is 11.2 Å². The second kappa shape index (κ2) is 9.32. The van der Waals surface area contributed by atoms with Crippen molar-refractivity contribution >= 4 is 53.5 Å². The van der Waals surface area contributed by atoms with Crippen LogP contribution in [0.1, 0.15) is 30.6 Å². The van der Waals surface area contributed by atoms with Crippen molar-refractivity contribution in [2.24, 2.45) is 11.3 Å². The van der Waals surface area contributed by atoms with Crippen molar-refractivity contribution in [3.63, 3.8) is 0 Å². The molecule has 0 saturated carbocycles. The van der Waals surface area contributed by atoms with Crippen LogP contribution in [-0.4, -0.2) is 39.8 Å². The molecule has 1 aromatic carbocycles. The third kappa shape index (κ3) is 4.20. The van der Waals surface area contributed by atoms with Gasteiger partial charge in [0, 0.05) is 23.3 Å². The first-order chi connectivity index (χ1) is 13.8. The molecule has 1 aromatic heterocycles. The number of carbonyl (C=O) groups excluding carboxylic acids is 1. The fourth-order valence-corrected chi connectivity index (χ4v) is 3.98. The third-order valence-electron chi connectivity index (χ3n) is 5.15. The maximum atomic E-state index is 12.9. The van der Waals surface area contributed by atoms with Gasteiger partial charge in [-0.2, -0.15) is 10.2 Å². The Morgan fingerprint density at radius 2 is 2.13 bits per heavy atom. The van der Waals surface area contributed by atoms with Gasteiger partial charge >= 0.3 is 5.97 Å². The summed E-state index contributed by atoms with van der Waals surface area (Å²) in [7, 11) is 0. The molecular weight excluding hydrogens is 426 g/mol. The van der Waals surface area contributed by atoms with Gasteiger partial charge in [0.25, 0.3) is 0 Å². The highest BCUT2D eigenvalue weighted by atomic mass is 35.5. The summed E-state index contributed by atoms with van der Waals surface area (Å²) in [4.78, 5) is 34.9. The number of nitriles is 1. The molecule has 10 heteroatoms. The average molecular weight is 448 g/mol. The van der Waals surface area contributed by atoms with Gasteiger partial charge in [-0.1, -0.05) is 13.8 Å². The molecule has 2 N–H and O–H groups in total. The van der Waals surface area contributed by atoms with E-state index in [9.17, 15) is 20.0 Å². The zero-order chi connectivity index (χ0) is 21.2. The normalized spacial score (nSPS) is 18.1. The lowest BCUT2D eigenvalue weighted by atomic mass is 9.77. The van der Waals surface area contributed by atoms with E-state index in [0.717, 1.165) is 0 Å². The van der Waals surface area contributed by atoms with E-state index in [1.165, 1.54) is 22.7 Å². The highest BCUT2D eigenvalue weighted by Gasteiger charge is 2.50. The van der Waals surface area contributed by atoms with Crippen molar-refractivity contribution in [2.45, 2.75) is 25.2 Å². The molecule has 1 aliphatic heterocycles. The number of nitrogens with zero attached hydrogens (tertiary/aromatic N) is 4. The largest absolute Gasteiger partial charge is 0.478 e. The van der Waals surface area contributed by atoms with E-state index in [2.05, 4.69) is 21.4 Å². The van der Waals surface area contributed by atoms with Gasteiger partial charge in [-0.05, 0) is 42.9 Å². The molecule has 158 valence electrons. The zero-order valence-electron chi connectivity index (χ0n) is 16.7. The summed E-state index contributed by atoms with van der Waals surface area (Å²) >= 11 is 1.33. The minimum absolute atomic E-state index is 0. The van der Waals surface area contributed by atoms with E-state index in [4.69, 9.17) is 0 Å². The molecule has 0 aliphatic carbocycles. The Hall–Kier alpha value is -2.83. The lowest BCUT2D eigenvalue weighted by molar-refractivity contribution is -0.124. The summed E-state index contributed by atoms with van der Waals surface area (Å²) < 4.78 is 0. The molecule has 1 saturated heterocycles. The fourth-order valence-electron chi connectivity index (χ4n) is 3.36. The van der Waals surface area contributed by atoms with Crippen LogP contribution < -0.4 is 10.2 Å². The number of aromatic carboxylic acids is 1. The highest BCUT2D eigenvalue weighted by Crippen LogP contribution is 2.40. The predicted octanol–water partition coefficient (Wildman–Crippen LogP) is 3.96. The number of aromatic nitrogens is 2. The Kier molecular flexibility index (Phi) is 7.29. The number of rotatable bonds is 6. The monoisotopic (exact) mass is 447 g/mol. The topological polar surface area (TPSA) is 119 Å². The number of nitrogens with one attached hydrogen (secondary N) is 1. The van der Waals surface area contributed by atoms with E-state index in [-0.39, 0.29) is 35.7 Å². The van der Waals surface area contributed by atoms with Crippen molar-refractivity contribution in [1.82, 2.24) is 9.97 Å². The summed E-state index contributed by atoms with van der Waals surface area (Å²) in [6, 6.07) is 8.72. The van der Waals surface area contributed by atoms with Gasteiger partial charge in [-0.15, -0.1) is 24.2 Å². The van der Waals surface area contributed by atoms with Crippen LogP contribution in [-0.2, 0) is 4.79 Å². The van der Waals surface area contributed by atoms with Crippen LogP contribution in [0.5, 0.6) is 0 Å². The molecule has 0 unspecified atom stereocenters. The summed E-state index contributed by atoms with van der Waals surface area (Å²) in [5.41, 5.74) is -0.168. The Bertz CT molecular complexity index is 1010. The van der Waals surface area contributed by atoms with Crippen molar-refractivity contribution in [3.05, 3.63) is 36.0 Å². The molecule has 2 aromatic rings. The minimum atomic E-state index is -1.03. The molecule has 0 spiro atoms. The van der Waals surface area contributed by atoms with Crippen LogP contribution in [0.3, 0.4) is 0 Å². The molecule has 1 amide bonds. The van der Waals surface area contributed by atoms with Crippen molar-refractivity contribution < 1.29 is 14.7 Å². The van der Waals surface area contributed by atoms with Crippen molar-refractivity contribution in [1.29, 1.82) is 5.26 Å². The predicted molar refractivity (Wildman–Crippen MR) is 118 cm³/mol. The van der Waals surface area contributed by atoms with E-state index < -0.39 is 11.4 Å². The smallest absolute Gasteiger partial charge is 0.336 e. The number of amides is 1. The third-order valence-corrected chi connectivity index (χ3v) is 5.92. The minimum Gasteiger partial charge on any atom is -0.478 e. The number of hydrogen-bond donors (Lipinski definition) is 2. The summed E-state index contributed by atoms with van der Waals surface area (Å²) in [6.07, 6.45) is 3.80. The van der Waals surface area contributed by atoms with Gasteiger partial charge < -0.3 is 10.4 Å². The highest BCUT2D eigenvalue weighted by molar-refractivity contribution is 7.98. The SMILES string of the molecule is CSc1cc(Nc2nccc(N3CC[C@@](C#N)(C(C)C)C3=O)n2)ccc1C(=O)O.Cl. The Morgan fingerprint density at radius 1 is 1.40 bits per heavy atom. The van der Waals surface area contributed by atoms with Crippen LogP contribution in [0, 0.1) is 22.7 Å². The number of carbonyl (C=O) groups is 2. The van der Waals surface area contributed by atoms with E-state index in [1.807, 2.05) is 13.8 Å². The molecule has 1 fully saturated rings. The van der Waals surface area contributed by atoms with E-state index in [1.54, 1.807) is 30.7 Å². The van der Waals surface area contributed by atoms with E-state index >= 15 is 0 Å². The Balaban J connectivity index is 0.00000320. The molecule has 3 rings (SSSR count). The first-order valence-electron chi connectivity index (χ1n) is 9.07. The molecule has 30 heavy (non-hydrogen) atoms. The molecule has 1 aliphatic rings. The Morgan fingerprint density at radius 3 is 2.70 bits per heavy atom. The number of carboxylic acid groups (broad SMARTS) is 1. The molecule has 0 radical (unpaired) electrons. The van der Waals surface area contributed by atoms with Crippen LogP contribution in [0.15, 0.2) is 35.4 Å². The number of anilines is 3. The second-order valence-electron chi connectivity index (χ2n) is 7.03. The van der Waals surface area contributed by atoms with Crippen LogP contribution >= 0.6 is 24.2 Å². The maximum absolute atomic E-state index is 12.9. The summed E-state index contributed by atoms with van der Waals surface area (Å²) in [5, 5.41) is 21.9. The lowest BCUT2D eigenvalue weighted by Gasteiger charge is -2.24. The quantitative estimate of drug-likeness (QED) is 0.638. The molecular formula is C20H22ClN5O3S. The van der Waals surface area contributed by atoms with Gasteiger partial charge in [-0.25, -0.2) is 9.78 Å². The molecule has 8 nitrogen and oxygen atoms in total. The Labute approximate surface area is 185 Å². The van der Waals surface area contributed by atoms with Gasteiger partial charge in [0.15, 0.2) is 0 Å². The number of thioether (sulfide) groups is 1. The van der Waals surface area contributed by atoms with Crippen LogP contribution in [0.4, 0.5) is 17.5 Å². The molecule has 0 bridgehead atoms. The first kappa shape index (κ1) is 23.4. The van der Waals surface area contributed by atoms with Gasteiger partial charge in [0.05, 0.1) is 11.6 Å². The van der Waals surface area contributed by atoms with Crippen molar-refractivity contribution in [3.8, 4) is 6.07 Å². The number of halogens is 1. The number of carboxylic acids is 1. The standard InChI is InChI=1S/C20H21N5O3S.ClH/c1-12(2)20(11-21)7-9-25(18(20)28)16-6-8-22-19(24-16)23-13-4-5-14(17(26)27)15(10-13)29-3;/h4-6,8,10,12H,7,9H2,1-3H3,(H,26,27)(H,22,23,24);1H/t20-;/m1./s1. The summed E-state index contributed by atoms with van der Waals surface area (Å²) in [6.45, 7) is 4.17. The van der Waals surface area contributed by atoms with Crippen molar-refractivity contribution in [2.75, 3.05) is 23.0 Å². The van der Waals surface area contributed by atoms with Crippen LogP contribution in [0.25, 0.3) is 0 Å². The number of hydrogen-bond acceptors (Lipinski definition) is 7. The average Bonchev–Trinajstić information content (AvgIpc) is 3.05. The maximum Gasteiger partial charge on any atom is 0.336 e. The lowest BCUT2D eigenvalue weighted by Crippen LogP contribution is -2.37. The van der Waals surface area contributed by atoms with Gasteiger partial charge in [0.2, 0.25) is 11.9 Å². The summed E-state index contributed by atoms with van der Waals surface area (Å²) in [5.74, 6) is -0.614. The zero-order valence-corrected chi connectivity index (χ0v) is 18.4. The molecule has 2 heterocycles. The number of benzene rings is 1. The fraction of sp³-hybridized carbons (Fsp3) is 0.350. The second-order valence-corrected chi connectivity index (χ2v) is 7.88. The van der Waals surface area contributed by atoms with E-state index in [0.29, 0.717) is 29.4 Å². The van der Waals surface area contributed by atoms with Crippen LogP contribution in [0.2, 0.25) is 0 Å². The first-order valence-corrected chi connectivity index (χ1v) is 10.3.